The predicted octanol–water partition coefficient (Wildman–Crippen LogP) is 3.08. The van der Waals surface area contributed by atoms with E-state index in [4.69, 9.17) is 9.26 Å². The first-order valence-corrected chi connectivity index (χ1v) is 10.2. The number of pyridine rings is 1. The average Bonchev–Trinajstić information content (AvgIpc) is 3.38. The maximum atomic E-state index is 12.9. The summed E-state index contributed by atoms with van der Waals surface area (Å²) in [6.45, 7) is 4.31. The highest BCUT2D eigenvalue weighted by Crippen LogP contribution is 2.39. The largest absolute Gasteiger partial charge is 0.477 e. The average molecular weight is 437 g/mol. The summed E-state index contributed by atoms with van der Waals surface area (Å²) in [6, 6.07) is 3.75. The summed E-state index contributed by atoms with van der Waals surface area (Å²) in [7, 11) is 0. The van der Waals surface area contributed by atoms with Gasteiger partial charge in [0.1, 0.15) is 0 Å². The number of piperidine rings is 1. The van der Waals surface area contributed by atoms with Crippen LogP contribution in [-0.2, 0) is 0 Å². The van der Waals surface area contributed by atoms with Gasteiger partial charge in [-0.05, 0) is 50.7 Å². The fourth-order valence-electron chi connectivity index (χ4n) is 4.47. The highest BCUT2D eigenvalue weighted by molar-refractivity contribution is 5.56. The first-order chi connectivity index (χ1) is 14.8. The molecule has 166 valence electrons. The van der Waals surface area contributed by atoms with E-state index in [0.29, 0.717) is 29.6 Å². The third-order valence-electron chi connectivity index (χ3n) is 6.01. The van der Waals surface area contributed by atoms with Crippen molar-refractivity contribution in [1.82, 2.24) is 24.7 Å². The molecule has 31 heavy (non-hydrogen) atoms. The Morgan fingerprint density at radius 3 is 2.61 bits per heavy atom. The van der Waals surface area contributed by atoms with Crippen molar-refractivity contribution in [3.8, 4) is 5.75 Å². The van der Waals surface area contributed by atoms with E-state index in [2.05, 4.69) is 30.4 Å². The predicted molar refractivity (Wildman–Crippen MR) is 104 cm³/mol. The standard InChI is InChI=1S/C19H22F3N7O2/c1-10(19(20,21)22)30-14-4-3-7-29-16(14)25-17(26-29)24-15-12-5-6-13(15)9-28(8-12)18-23-11(2)27-31-18/h3-4,7,10,12-13,15H,5-6,8-9H2,1-2H3,(H,24,26). The molecule has 0 radical (unpaired) electrons. The summed E-state index contributed by atoms with van der Waals surface area (Å²) in [6.07, 6.45) is -2.67. The molecule has 2 fully saturated rings. The molecule has 12 heteroatoms. The summed E-state index contributed by atoms with van der Waals surface area (Å²) in [4.78, 5) is 10.9. The molecule has 1 aliphatic heterocycles. The van der Waals surface area contributed by atoms with Crippen LogP contribution in [0.1, 0.15) is 25.6 Å². The molecule has 3 aromatic rings. The van der Waals surface area contributed by atoms with Crippen molar-refractivity contribution < 1.29 is 22.4 Å². The van der Waals surface area contributed by atoms with E-state index in [1.807, 2.05) is 0 Å². The van der Waals surface area contributed by atoms with E-state index in [1.54, 1.807) is 19.2 Å². The van der Waals surface area contributed by atoms with Gasteiger partial charge >= 0.3 is 12.2 Å². The number of rotatable bonds is 5. The second-order valence-electron chi connectivity index (χ2n) is 8.17. The van der Waals surface area contributed by atoms with Gasteiger partial charge in [-0.3, -0.25) is 0 Å². The number of hydrogen-bond acceptors (Lipinski definition) is 8. The Morgan fingerprint density at radius 2 is 1.97 bits per heavy atom. The van der Waals surface area contributed by atoms with Gasteiger partial charge < -0.3 is 19.5 Å². The highest BCUT2D eigenvalue weighted by Gasteiger charge is 2.44. The molecule has 1 saturated heterocycles. The SMILES string of the molecule is Cc1noc(N2CC3CCC(C2)C3Nc2nc3c(OC(C)C(F)(F)F)cccn3n2)n1. The third kappa shape index (κ3) is 3.74. The number of aryl methyl sites for hydroxylation is 1. The first kappa shape index (κ1) is 19.9. The molecule has 0 spiro atoms. The number of nitrogens with one attached hydrogen (secondary N) is 1. The van der Waals surface area contributed by atoms with Gasteiger partial charge in [0, 0.05) is 25.3 Å². The first-order valence-electron chi connectivity index (χ1n) is 10.2. The minimum absolute atomic E-state index is 0.0393. The van der Waals surface area contributed by atoms with Gasteiger partial charge in [0.2, 0.25) is 5.95 Å². The minimum atomic E-state index is -4.46. The Hall–Kier alpha value is -3.05. The molecule has 0 aromatic carbocycles. The molecule has 2 bridgehead atoms. The van der Waals surface area contributed by atoms with Crippen LogP contribution in [0.25, 0.3) is 5.65 Å². The van der Waals surface area contributed by atoms with E-state index >= 15 is 0 Å². The van der Waals surface area contributed by atoms with E-state index in [-0.39, 0.29) is 17.4 Å². The number of nitrogens with zero attached hydrogens (tertiary/aromatic N) is 6. The smallest absolute Gasteiger partial charge is 0.425 e. The summed E-state index contributed by atoms with van der Waals surface area (Å²) < 4.78 is 50.5. The summed E-state index contributed by atoms with van der Waals surface area (Å²) in [5.41, 5.74) is 0.243. The summed E-state index contributed by atoms with van der Waals surface area (Å²) in [5.74, 6) is 1.71. The number of hydrogen-bond donors (Lipinski definition) is 1. The van der Waals surface area contributed by atoms with Gasteiger partial charge in [0.25, 0.3) is 0 Å². The number of fused-ring (bicyclic) bond motifs is 3. The van der Waals surface area contributed by atoms with Gasteiger partial charge in [-0.25, -0.2) is 4.52 Å². The van der Waals surface area contributed by atoms with Crippen molar-refractivity contribution in [1.29, 1.82) is 0 Å². The lowest BCUT2D eigenvalue weighted by Gasteiger charge is -2.37. The van der Waals surface area contributed by atoms with Gasteiger partial charge in [-0.1, -0.05) is 5.16 Å². The van der Waals surface area contributed by atoms with Crippen molar-refractivity contribution in [3.63, 3.8) is 0 Å². The molecule has 4 heterocycles. The van der Waals surface area contributed by atoms with Gasteiger partial charge in [-0.2, -0.15) is 23.1 Å². The zero-order valence-electron chi connectivity index (χ0n) is 17.0. The molecule has 3 atom stereocenters. The lowest BCUT2D eigenvalue weighted by Crippen LogP contribution is -2.48. The molecule has 0 amide bonds. The van der Waals surface area contributed by atoms with E-state index < -0.39 is 12.3 Å². The Balaban J connectivity index is 1.33. The number of aromatic nitrogens is 5. The van der Waals surface area contributed by atoms with Gasteiger partial charge in [-0.15, -0.1) is 5.10 Å². The lowest BCUT2D eigenvalue weighted by atomic mass is 9.92. The number of ether oxygens (including phenoxy) is 1. The fraction of sp³-hybridized carbons (Fsp3) is 0.579. The van der Waals surface area contributed by atoms with Gasteiger partial charge in [0.15, 0.2) is 23.3 Å². The van der Waals surface area contributed by atoms with E-state index in [0.717, 1.165) is 32.9 Å². The second kappa shape index (κ2) is 7.27. The lowest BCUT2D eigenvalue weighted by molar-refractivity contribution is -0.189. The third-order valence-corrected chi connectivity index (χ3v) is 6.01. The van der Waals surface area contributed by atoms with Gasteiger partial charge in [0.05, 0.1) is 0 Å². The summed E-state index contributed by atoms with van der Waals surface area (Å²) >= 11 is 0. The molecule has 9 nitrogen and oxygen atoms in total. The highest BCUT2D eigenvalue weighted by atomic mass is 19.4. The molecular formula is C19H22F3N7O2. The molecule has 5 rings (SSSR count). The Kier molecular flexibility index (Phi) is 4.67. The molecule has 3 aromatic heterocycles. The molecular weight excluding hydrogens is 415 g/mol. The maximum Gasteiger partial charge on any atom is 0.425 e. The number of anilines is 2. The molecule has 1 saturated carbocycles. The van der Waals surface area contributed by atoms with Crippen LogP contribution in [-0.4, -0.2) is 56.2 Å². The van der Waals surface area contributed by atoms with Crippen LogP contribution < -0.4 is 15.0 Å². The fourth-order valence-corrected chi connectivity index (χ4v) is 4.47. The topological polar surface area (TPSA) is 93.6 Å². The van der Waals surface area contributed by atoms with Crippen molar-refractivity contribution >= 4 is 17.6 Å². The molecule has 1 N–H and O–H groups in total. The number of alkyl halides is 3. The van der Waals surface area contributed by atoms with Crippen molar-refractivity contribution in [3.05, 3.63) is 24.2 Å². The van der Waals surface area contributed by atoms with Crippen LogP contribution in [0.15, 0.2) is 22.9 Å². The van der Waals surface area contributed by atoms with Crippen LogP contribution in [0.4, 0.5) is 25.1 Å². The van der Waals surface area contributed by atoms with Crippen molar-refractivity contribution in [2.75, 3.05) is 23.3 Å². The Labute approximate surface area is 175 Å². The van der Waals surface area contributed by atoms with Crippen LogP contribution in [0.5, 0.6) is 5.75 Å². The Morgan fingerprint density at radius 1 is 1.23 bits per heavy atom. The van der Waals surface area contributed by atoms with Crippen molar-refractivity contribution in [2.24, 2.45) is 11.8 Å². The quantitative estimate of drug-likeness (QED) is 0.651. The molecule has 1 aliphatic carbocycles. The maximum absolute atomic E-state index is 12.9. The zero-order valence-corrected chi connectivity index (χ0v) is 17.0. The van der Waals surface area contributed by atoms with Crippen LogP contribution in [0.3, 0.4) is 0 Å². The van der Waals surface area contributed by atoms with Crippen LogP contribution >= 0.6 is 0 Å². The van der Waals surface area contributed by atoms with Crippen LogP contribution in [0.2, 0.25) is 0 Å². The molecule has 2 aliphatic rings. The van der Waals surface area contributed by atoms with Crippen LogP contribution in [0, 0.1) is 18.8 Å². The van der Waals surface area contributed by atoms with Crippen molar-refractivity contribution in [2.45, 2.75) is 45.0 Å². The summed E-state index contributed by atoms with van der Waals surface area (Å²) in [5, 5.41) is 11.7. The molecule has 3 unspecified atom stereocenters. The zero-order chi connectivity index (χ0) is 21.8. The van der Waals surface area contributed by atoms with E-state index in [1.165, 1.54) is 10.6 Å². The Bertz CT molecular complexity index is 1070. The number of halogens is 3. The minimum Gasteiger partial charge on any atom is -0.477 e. The monoisotopic (exact) mass is 437 g/mol. The second-order valence-corrected chi connectivity index (χ2v) is 8.17. The normalized spacial score (nSPS) is 24.5. The van der Waals surface area contributed by atoms with E-state index in [9.17, 15) is 13.2 Å².